The van der Waals surface area contributed by atoms with E-state index in [0.717, 1.165) is 15.7 Å². The van der Waals surface area contributed by atoms with Gasteiger partial charge in [0.1, 0.15) is 0 Å². The van der Waals surface area contributed by atoms with Crippen molar-refractivity contribution < 1.29 is 9.90 Å². The molecule has 3 nitrogen and oxygen atoms in total. The lowest BCUT2D eigenvalue weighted by Gasteiger charge is -2.28. The first-order chi connectivity index (χ1) is 9.41. The van der Waals surface area contributed by atoms with Crippen molar-refractivity contribution >= 4 is 27.6 Å². The van der Waals surface area contributed by atoms with Crippen LogP contribution in [0, 0.1) is 6.92 Å². The van der Waals surface area contributed by atoms with Crippen LogP contribution < -0.4 is 5.32 Å². The molecule has 0 aliphatic carbocycles. The van der Waals surface area contributed by atoms with Gasteiger partial charge in [-0.3, -0.25) is 0 Å². The molecule has 2 N–H and O–H groups in total. The van der Waals surface area contributed by atoms with Gasteiger partial charge in [-0.1, -0.05) is 45.8 Å². The second-order valence-corrected chi connectivity index (χ2v) is 5.84. The smallest absolute Gasteiger partial charge is 0.333 e. The van der Waals surface area contributed by atoms with Crippen LogP contribution in [0.15, 0.2) is 53.0 Å². The zero-order valence-corrected chi connectivity index (χ0v) is 12.9. The zero-order valence-electron chi connectivity index (χ0n) is 11.4. The first-order valence-electron chi connectivity index (χ1n) is 6.26. The van der Waals surface area contributed by atoms with Crippen molar-refractivity contribution in [1.29, 1.82) is 0 Å². The maximum atomic E-state index is 11.7. The predicted octanol–water partition coefficient (Wildman–Crippen LogP) is 4.17. The van der Waals surface area contributed by atoms with Gasteiger partial charge in [0.25, 0.3) is 0 Å². The van der Waals surface area contributed by atoms with Gasteiger partial charge >= 0.3 is 5.97 Å². The van der Waals surface area contributed by atoms with Crippen molar-refractivity contribution in [3.8, 4) is 0 Å². The first kappa shape index (κ1) is 14.6. The van der Waals surface area contributed by atoms with Crippen LogP contribution in [0.1, 0.15) is 18.1 Å². The number of aryl methyl sites for hydroxylation is 1. The molecule has 104 valence electrons. The third kappa shape index (κ3) is 3.02. The Morgan fingerprint density at radius 2 is 1.65 bits per heavy atom. The van der Waals surface area contributed by atoms with E-state index in [0.29, 0.717) is 5.56 Å². The predicted molar refractivity (Wildman–Crippen MR) is 83.9 cm³/mol. The lowest BCUT2D eigenvalue weighted by atomic mass is 9.91. The van der Waals surface area contributed by atoms with Gasteiger partial charge in [-0.15, -0.1) is 0 Å². The second kappa shape index (κ2) is 5.67. The summed E-state index contributed by atoms with van der Waals surface area (Å²) in [5, 5.41) is 12.7. The van der Waals surface area contributed by atoms with E-state index in [1.54, 1.807) is 19.1 Å². The number of carbonyl (C=O) groups is 1. The summed E-state index contributed by atoms with van der Waals surface area (Å²) in [5.74, 6) is -0.916. The molecule has 0 radical (unpaired) electrons. The molecular weight excluding hydrogens is 318 g/mol. The molecule has 2 aromatic carbocycles. The number of halogens is 1. The topological polar surface area (TPSA) is 49.3 Å². The third-order valence-corrected chi connectivity index (χ3v) is 3.82. The quantitative estimate of drug-likeness (QED) is 0.882. The summed E-state index contributed by atoms with van der Waals surface area (Å²) >= 11 is 3.36. The van der Waals surface area contributed by atoms with Crippen molar-refractivity contribution in [3.05, 3.63) is 64.1 Å². The standard InChI is InChI=1S/C16H16BrNO2/c1-11-3-9-14(10-4-11)18-16(2,15(19)20)12-5-7-13(17)8-6-12/h3-10,18H,1-2H3,(H,19,20). The summed E-state index contributed by atoms with van der Waals surface area (Å²) in [6, 6.07) is 15.0. The van der Waals surface area contributed by atoms with Crippen LogP contribution in [0.4, 0.5) is 5.69 Å². The molecule has 0 saturated heterocycles. The lowest BCUT2D eigenvalue weighted by molar-refractivity contribution is -0.142. The molecule has 4 heteroatoms. The number of rotatable bonds is 4. The number of benzene rings is 2. The largest absolute Gasteiger partial charge is 0.479 e. The fourth-order valence-corrected chi connectivity index (χ4v) is 2.22. The number of hydrogen-bond acceptors (Lipinski definition) is 2. The molecule has 1 unspecified atom stereocenters. The third-order valence-electron chi connectivity index (χ3n) is 3.30. The van der Waals surface area contributed by atoms with E-state index in [9.17, 15) is 9.90 Å². The van der Waals surface area contributed by atoms with Crippen LogP contribution in [-0.2, 0) is 10.3 Å². The fourth-order valence-electron chi connectivity index (χ4n) is 1.96. The average molecular weight is 334 g/mol. The molecule has 0 aliphatic rings. The van der Waals surface area contributed by atoms with Gasteiger partial charge in [0.05, 0.1) is 0 Å². The molecule has 0 amide bonds. The Kier molecular flexibility index (Phi) is 4.14. The molecule has 2 rings (SSSR count). The Morgan fingerprint density at radius 1 is 1.10 bits per heavy atom. The van der Waals surface area contributed by atoms with Crippen LogP contribution in [0.25, 0.3) is 0 Å². The number of anilines is 1. The lowest BCUT2D eigenvalue weighted by Crippen LogP contribution is -2.40. The van der Waals surface area contributed by atoms with Crippen molar-refractivity contribution in [2.24, 2.45) is 0 Å². The number of hydrogen-bond donors (Lipinski definition) is 2. The summed E-state index contributed by atoms with van der Waals surface area (Å²) in [7, 11) is 0. The highest BCUT2D eigenvalue weighted by Gasteiger charge is 2.35. The van der Waals surface area contributed by atoms with Crippen LogP contribution in [0.2, 0.25) is 0 Å². The number of nitrogens with one attached hydrogen (secondary N) is 1. The molecule has 0 spiro atoms. The van der Waals surface area contributed by atoms with E-state index in [1.165, 1.54) is 0 Å². The minimum absolute atomic E-state index is 0.703. The molecule has 0 fully saturated rings. The van der Waals surface area contributed by atoms with Crippen molar-refractivity contribution in [2.75, 3.05) is 5.32 Å². The maximum absolute atomic E-state index is 11.7. The summed E-state index contributed by atoms with van der Waals surface area (Å²) < 4.78 is 0.921. The minimum atomic E-state index is -1.17. The molecule has 0 bridgehead atoms. The summed E-state index contributed by atoms with van der Waals surface area (Å²) in [5.41, 5.74) is 1.45. The highest BCUT2D eigenvalue weighted by Crippen LogP contribution is 2.28. The Bertz CT molecular complexity index is 607. The highest BCUT2D eigenvalue weighted by molar-refractivity contribution is 9.10. The van der Waals surface area contributed by atoms with E-state index in [4.69, 9.17) is 0 Å². The SMILES string of the molecule is Cc1ccc(NC(C)(C(=O)O)c2ccc(Br)cc2)cc1. The minimum Gasteiger partial charge on any atom is -0.479 e. The Labute approximate surface area is 126 Å². The van der Waals surface area contributed by atoms with E-state index >= 15 is 0 Å². The van der Waals surface area contributed by atoms with Gasteiger partial charge < -0.3 is 10.4 Å². The van der Waals surface area contributed by atoms with Gasteiger partial charge in [0, 0.05) is 10.2 Å². The second-order valence-electron chi connectivity index (χ2n) is 4.93. The average Bonchev–Trinajstić information content (AvgIpc) is 2.42. The van der Waals surface area contributed by atoms with Crippen LogP contribution >= 0.6 is 15.9 Å². The van der Waals surface area contributed by atoms with Crippen molar-refractivity contribution in [1.82, 2.24) is 0 Å². The molecule has 0 aromatic heterocycles. The van der Waals surface area contributed by atoms with E-state index < -0.39 is 11.5 Å². The van der Waals surface area contributed by atoms with E-state index in [1.807, 2.05) is 43.3 Å². The van der Waals surface area contributed by atoms with Gasteiger partial charge in [-0.05, 0) is 43.7 Å². The van der Waals surface area contributed by atoms with Gasteiger partial charge in [0.15, 0.2) is 5.54 Å². The zero-order chi connectivity index (χ0) is 14.8. The molecule has 20 heavy (non-hydrogen) atoms. The van der Waals surface area contributed by atoms with Gasteiger partial charge in [-0.2, -0.15) is 0 Å². The van der Waals surface area contributed by atoms with Crippen LogP contribution in [0.5, 0.6) is 0 Å². The molecule has 0 saturated carbocycles. The fraction of sp³-hybridized carbons (Fsp3) is 0.188. The van der Waals surface area contributed by atoms with E-state index in [-0.39, 0.29) is 0 Å². The maximum Gasteiger partial charge on any atom is 0.333 e. The number of carboxylic acid groups (broad SMARTS) is 1. The molecule has 0 aliphatic heterocycles. The van der Waals surface area contributed by atoms with Gasteiger partial charge in [0.2, 0.25) is 0 Å². The number of aliphatic carboxylic acids is 1. The van der Waals surface area contributed by atoms with Crippen LogP contribution in [-0.4, -0.2) is 11.1 Å². The van der Waals surface area contributed by atoms with Crippen molar-refractivity contribution in [3.63, 3.8) is 0 Å². The van der Waals surface area contributed by atoms with Crippen molar-refractivity contribution in [2.45, 2.75) is 19.4 Å². The molecule has 2 aromatic rings. The van der Waals surface area contributed by atoms with Crippen LogP contribution in [0.3, 0.4) is 0 Å². The molecule has 1 atom stereocenters. The summed E-state index contributed by atoms with van der Waals surface area (Å²) in [6.07, 6.45) is 0. The van der Waals surface area contributed by atoms with E-state index in [2.05, 4.69) is 21.2 Å². The normalized spacial score (nSPS) is 13.6. The molecular formula is C16H16BrNO2. The highest BCUT2D eigenvalue weighted by atomic mass is 79.9. The summed E-state index contributed by atoms with van der Waals surface area (Å²) in [4.78, 5) is 11.7. The first-order valence-corrected chi connectivity index (χ1v) is 7.05. The number of carboxylic acids is 1. The molecule has 0 heterocycles. The Balaban J connectivity index is 2.37. The Hall–Kier alpha value is -1.81. The summed E-state index contributed by atoms with van der Waals surface area (Å²) in [6.45, 7) is 3.66. The monoisotopic (exact) mass is 333 g/mol. The van der Waals surface area contributed by atoms with Gasteiger partial charge in [-0.25, -0.2) is 4.79 Å². The Morgan fingerprint density at radius 3 is 2.15 bits per heavy atom.